The monoisotopic (exact) mass is 360 g/mol. The molecule has 0 bridgehead atoms. The van der Waals surface area contributed by atoms with E-state index in [0.717, 1.165) is 51.2 Å². The smallest absolute Gasteiger partial charge is 0.160 e. The molecule has 24 heavy (non-hydrogen) atoms. The maximum absolute atomic E-state index is 6.21. The van der Waals surface area contributed by atoms with Crippen molar-refractivity contribution in [3.8, 4) is 0 Å². The van der Waals surface area contributed by atoms with Crippen LogP contribution in [-0.2, 0) is 6.54 Å². The van der Waals surface area contributed by atoms with E-state index in [1.807, 2.05) is 36.4 Å². The van der Waals surface area contributed by atoms with Crippen LogP contribution in [0.3, 0.4) is 0 Å². The molecule has 2 aromatic carbocycles. The summed E-state index contributed by atoms with van der Waals surface area (Å²) in [4.78, 5) is 11.9. The summed E-state index contributed by atoms with van der Waals surface area (Å²) in [6.07, 6.45) is 0. The van der Waals surface area contributed by atoms with Crippen LogP contribution in [0.1, 0.15) is 0 Å². The minimum Gasteiger partial charge on any atom is -0.323 e. The predicted octanol–water partition coefficient (Wildman–Crippen LogP) is 4.37. The van der Waals surface area contributed by atoms with Gasteiger partial charge in [-0.25, -0.2) is 9.97 Å². The number of benzene rings is 2. The van der Waals surface area contributed by atoms with Gasteiger partial charge in [-0.1, -0.05) is 23.7 Å². The molecule has 0 aliphatic carbocycles. The van der Waals surface area contributed by atoms with Gasteiger partial charge in [-0.3, -0.25) is 0 Å². The fourth-order valence-corrected chi connectivity index (χ4v) is 3.11. The van der Waals surface area contributed by atoms with Gasteiger partial charge in [0.1, 0.15) is 5.52 Å². The lowest BCUT2D eigenvalue weighted by molar-refractivity contribution is 0.389. The van der Waals surface area contributed by atoms with E-state index in [1.165, 1.54) is 0 Å². The summed E-state index contributed by atoms with van der Waals surface area (Å²) in [5.74, 6) is 0. The number of rotatable bonds is 3. The van der Waals surface area contributed by atoms with E-state index in [0.29, 0.717) is 0 Å². The maximum atomic E-state index is 6.21. The Morgan fingerprint density at radius 1 is 1.04 bits per heavy atom. The Bertz CT molecular complexity index is 1020. The second-order valence-corrected chi connectivity index (χ2v) is 6.44. The molecule has 0 saturated carbocycles. The van der Waals surface area contributed by atoms with Gasteiger partial charge in [0.05, 0.1) is 16.6 Å². The third-order valence-corrected chi connectivity index (χ3v) is 4.32. The van der Waals surface area contributed by atoms with Crippen LogP contribution in [0.5, 0.6) is 0 Å². The van der Waals surface area contributed by atoms with Crippen LogP contribution < -0.4 is 0 Å². The van der Waals surface area contributed by atoms with Crippen molar-refractivity contribution in [3.05, 3.63) is 47.5 Å². The lowest BCUT2D eigenvalue weighted by Crippen LogP contribution is -2.18. The molecule has 4 aromatic rings. The summed E-state index contributed by atoms with van der Waals surface area (Å²) < 4.78 is 2.24. The van der Waals surface area contributed by atoms with Gasteiger partial charge in [0, 0.05) is 23.5 Å². The number of para-hydroxylation sites is 2. The Labute approximate surface area is 151 Å². The zero-order chi connectivity index (χ0) is 16.0. The number of fused-ring (bicyclic) bond motifs is 4. The lowest BCUT2D eigenvalue weighted by atomic mass is 10.2. The highest BCUT2D eigenvalue weighted by atomic mass is 35.5. The van der Waals surface area contributed by atoms with Gasteiger partial charge >= 0.3 is 0 Å². The molecule has 0 fully saturated rings. The van der Waals surface area contributed by atoms with E-state index in [9.17, 15) is 0 Å². The zero-order valence-corrected chi connectivity index (χ0v) is 15.1. The van der Waals surface area contributed by atoms with Crippen molar-refractivity contribution in [2.45, 2.75) is 6.54 Å². The summed E-state index contributed by atoms with van der Waals surface area (Å²) in [5.41, 5.74) is 4.79. The van der Waals surface area contributed by atoms with E-state index in [2.05, 4.69) is 29.6 Å². The van der Waals surface area contributed by atoms with Crippen LogP contribution in [0.15, 0.2) is 42.5 Å². The van der Waals surface area contributed by atoms with Crippen LogP contribution in [0.4, 0.5) is 0 Å². The highest BCUT2D eigenvalue weighted by Crippen LogP contribution is 2.30. The summed E-state index contributed by atoms with van der Waals surface area (Å²) in [7, 11) is 4.15. The third-order valence-electron chi connectivity index (χ3n) is 4.08. The van der Waals surface area contributed by atoms with Gasteiger partial charge in [-0.05, 0) is 44.4 Å². The molecule has 2 heterocycles. The molecule has 0 radical (unpaired) electrons. The van der Waals surface area contributed by atoms with Gasteiger partial charge in [0.2, 0.25) is 0 Å². The number of halogens is 2. The van der Waals surface area contributed by atoms with Crippen molar-refractivity contribution in [1.82, 2.24) is 19.4 Å². The standard InChI is InChI=1S/C18H17ClN4.ClH/c1-22(2)9-10-23-16-8-7-12(19)11-13(16)17-18(23)21-15-6-4-3-5-14(15)20-17;/h3-8,11H,9-10H2,1-2H3;1H. The molecular weight excluding hydrogens is 343 g/mol. The molecule has 0 unspecified atom stereocenters. The van der Waals surface area contributed by atoms with Crippen LogP contribution >= 0.6 is 24.0 Å². The average Bonchev–Trinajstić information content (AvgIpc) is 2.83. The summed E-state index contributed by atoms with van der Waals surface area (Å²) >= 11 is 6.21. The molecule has 0 atom stereocenters. The molecular formula is C18H18Cl2N4. The average molecular weight is 361 g/mol. The normalized spacial score (nSPS) is 11.5. The molecule has 6 heteroatoms. The molecule has 0 spiro atoms. The number of hydrogen-bond donors (Lipinski definition) is 0. The number of aromatic nitrogens is 3. The molecule has 124 valence electrons. The van der Waals surface area contributed by atoms with Gasteiger partial charge in [-0.15, -0.1) is 12.4 Å². The highest BCUT2D eigenvalue weighted by Gasteiger charge is 2.14. The van der Waals surface area contributed by atoms with Crippen molar-refractivity contribution < 1.29 is 0 Å². The van der Waals surface area contributed by atoms with Crippen molar-refractivity contribution in [1.29, 1.82) is 0 Å². The SMILES string of the molecule is CN(C)CCn1c2ccc(Cl)cc2c2nc3ccccc3nc21.Cl. The highest BCUT2D eigenvalue weighted by molar-refractivity contribution is 6.31. The van der Waals surface area contributed by atoms with E-state index in [4.69, 9.17) is 21.6 Å². The molecule has 2 aromatic heterocycles. The fraction of sp³-hybridized carbons (Fsp3) is 0.222. The Morgan fingerprint density at radius 2 is 1.75 bits per heavy atom. The zero-order valence-electron chi connectivity index (χ0n) is 13.5. The number of likely N-dealkylation sites (N-methyl/N-ethyl adjacent to an activating group) is 1. The quantitative estimate of drug-likeness (QED) is 0.543. The van der Waals surface area contributed by atoms with Crippen LogP contribution in [-0.4, -0.2) is 40.1 Å². The molecule has 0 saturated heterocycles. The number of hydrogen-bond acceptors (Lipinski definition) is 3. The first-order valence-corrected chi connectivity index (χ1v) is 8.00. The lowest BCUT2D eigenvalue weighted by Gasteiger charge is -2.12. The van der Waals surface area contributed by atoms with Gasteiger partial charge < -0.3 is 9.47 Å². The van der Waals surface area contributed by atoms with Gasteiger partial charge in [0.15, 0.2) is 5.65 Å². The van der Waals surface area contributed by atoms with E-state index >= 15 is 0 Å². The second-order valence-electron chi connectivity index (χ2n) is 6.00. The molecule has 4 rings (SSSR count). The molecule has 0 amide bonds. The Hall–Kier alpha value is -1.88. The van der Waals surface area contributed by atoms with Crippen LogP contribution in [0.25, 0.3) is 33.1 Å². The first-order valence-electron chi connectivity index (χ1n) is 7.62. The Balaban J connectivity index is 0.00000169. The first kappa shape index (κ1) is 17.0. The first-order chi connectivity index (χ1) is 11.1. The third kappa shape index (κ3) is 2.81. The summed E-state index contributed by atoms with van der Waals surface area (Å²) in [5, 5.41) is 1.78. The minimum absolute atomic E-state index is 0. The Morgan fingerprint density at radius 3 is 2.46 bits per heavy atom. The largest absolute Gasteiger partial charge is 0.323 e. The van der Waals surface area contributed by atoms with Crippen molar-refractivity contribution >= 4 is 57.1 Å². The van der Waals surface area contributed by atoms with Crippen molar-refractivity contribution in [3.63, 3.8) is 0 Å². The molecule has 0 aliphatic rings. The van der Waals surface area contributed by atoms with E-state index in [-0.39, 0.29) is 12.4 Å². The second kappa shape index (κ2) is 6.55. The van der Waals surface area contributed by atoms with E-state index < -0.39 is 0 Å². The fourth-order valence-electron chi connectivity index (χ4n) is 2.93. The minimum atomic E-state index is 0. The van der Waals surface area contributed by atoms with Crippen molar-refractivity contribution in [2.24, 2.45) is 0 Å². The maximum Gasteiger partial charge on any atom is 0.160 e. The molecule has 4 nitrogen and oxygen atoms in total. The topological polar surface area (TPSA) is 34.0 Å². The summed E-state index contributed by atoms with van der Waals surface area (Å²) in [6.45, 7) is 1.80. The van der Waals surface area contributed by atoms with Gasteiger partial charge in [-0.2, -0.15) is 0 Å². The van der Waals surface area contributed by atoms with Crippen LogP contribution in [0.2, 0.25) is 5.02 Å². The Kier molecular flexibility index (Phi) is 4.63. The van der Waals surface area contributed by atoms with E-state index in [1.54, 1.807) is 0 Å². The van der Waals surface area contributed by atoms with Crippen molar-refractivity contribution in [2.75, 3.05) is 20.6 Å². The van der Waals surface area contributed by atoms with Crippen LogP contribution in [0, 0.1) is 0 Å². The number of nitrogens with zero attached hydrogens (tertiary/aromatic N) is 4. The molecule has 0 aliphatic heterocycles. The molecule has 0 N–H and O–H groups in total. The summed E-state index contributed by atoms with van der Waals surface area (Å²) in [6, 6.07) is 13.9. The van der Waals surface area contributed by atoms with Gasteiger partial charge in [0.25, 0.3) is 0 Å². The predicted molar refractivity (Wildman–Crippen MR) is 103 cm³/mol.